The summed E-state index contributed by atoms with van der Waals surface area (Å²) in [5, 5.41) is 8.11. The Morgan fingerprint density at radius 1 is 1.21 bits per heavy atom. The Labute approximate surface area is 171 Å². The lowest BCUT2D eigenvalue weighted by molar-refractivity contribution is -0.119. The first kappa shape index (κ1) is 20.0. The van der Waals surface area contributed by atoms with Gasteiger partial charge in [0.2, 0.25) is 11.8 Å². The number of aryl methyl sites for hydroxylation is 1. The number of carbonyl (C=O) groups is 2. The number of thiophene rings is 1. The van der Waals surface area contributed by atoms with E-state index in [0.29, 0.717) is 17.4 Å². The van der Waals surface area contributed by atoms with Crippen molar-refractivity contribution in [3.8, 4) is 16.3 Å². The van der Waals surface area contributed by atoms with E-state index < -0.39 is 0 Å². The summed E-state index contributed by atoms with van der Waals surface area (Å²) in [4.78, 5) is 30.0. The van der Waals surface area contributed by atoms with Crippen molar-refractivity contribution < 1.29 is 14.3 Å². The van der Waals surface area contributed by atoms with Crippen molar-refractivity contribution in [1.82, 2.24) is 10.3 Å². The number of hydrogen-bond acceptors (Lipinski definition) is 6. The Kier molecular flexibility index (Phi) is 6.43. The number of nitrogens with one attached hydrogen (secondary N) is 2. The predicted molar refractivity (Wildman–Crippen MR) is 113 cm³/mol. The van der Waals surface area contributed by atoms with E-state index in [1.165, 1.54) is 18.3 Å². The van der Waals surface area contributed by atoms with Crippen LogP contribution in [0.4, 0.5) is 5.13 Å². The average Bonchev–Trinajstić information content (AvgIpc) is 3.29. The molecule has 2 aromatic heterocycles. The van der Waals surface area contributed by atoms with Gasteiger partial charge in [-0.3, -0.25) is 9.59 Å². The molecule has 3 rings (SSSR count). The highest BCUT2D eigenvalue weighted by Gasteiger charge is 2.13. The fraction of sp³-hybridized carbons (Fsp3) is 0.250. The summed E-state index contributed by atoms with van der Waals surface area (Å²) in [5.74, 6) is 0.507. The van der Waals surface area contributed by atoms with Crippen LogP contribution >= 0.6 is 22.7 Å². The van der Waals surface area contributed by atoms with Crippen LogP contribution in [0.3, 0.4) is 0 Å². The summed E-state index contributed by atoms with van der Waals surface area (Å²) in [5.41, 5.74) is 2.73. The molecule has 0 saturated heterocycles. The van der Waals surface area contributed by atoms with Gasteiger partial charge in [0.25, 0.3) is 0 Å². The van der Waals surface area contributed by atoms with Gasteiger partial charge >= 0.3 is 0 Å². The minimum absolute atomic E-state index is 0.0566. The van der Waals surface area contributed by atoms with Crippen LogP contribution in [0.2, 0.25) is 0 Å². The van der Waals surface area contributed by atoms with E-state index in [1.807, 2.05) is 42.6 Å². The third kappa shape index (κ3) is 5.17. The summed E-state index contributed by atoms with van der Waals surface area (Å²) in [6.45, 7) is 3.98. The molecule has 1 aromatic carbocycles. The Morgan fingerprint density at radius 3 is 2.79 bits per heavy atom. The molecule has 0 saturated carbocycles. The van der Waals surface area contributed by atoms with Gasteiger partial charge in [0.1, 0.15) is 5.75 Å². The number of rotatable bonds is 7. The quantitative estimate of drug-likeness (QED) is 0.611. The summed E-state index contributed by atoms with van der Waals surface area (Å²) < 4.78 is 5.33. The lowest BCUT2D eigenvalue weighted by Crippen LogP contribution is -2.17. The number of carbonyl (C=O) groups excluding carboxylic acids is 2. The first-order chi connectivity index (χ1) is 13.4. The van der Waals surface area contributed by atoms with E-state index in [2.05, 4.69) is 15.6 Å². The van der Waals surface area contributed by atoms with Crippen LogP contribution in [-0.2, 0) is 22.6 Å². The molecule has 0 aliphatic rings. The standard InChI is InChI=1S/C20H21N3O3S2/c1-12-4-6-17(26-3)14(8-12)9-19(25)23-20-22-16(11-27-20)18-7-5-15(28-18)10-21-13(2)24/h4-8,11H,9-10H2,1-3H3,(H,21,24)(H,22,23,25). The number of nitrogens with zero attached hydrogens (tertiary/aromatic N) is 1. The molecule has 6 nitrogen and oxygen atoms in total. The van der Waals surface area contributed by atoms with Crippen LogP contribution in [0.15, 0.2) is 35.7 Å². The lowest BCUT2D eigenvalue weighted by atomic mass is 10.1. The zero-order chi connectivity index (χ0) is 20.1. The molecule has 3 aromatic rings. The molecule has 146 valence electrons. The lowest BCUT2D eigenvalue weighted by Gasteiger charge is -2.09. The highest BCUT2D eigenvalue weighted by Crippen LogP contribution is 2.31. The van der Waals surface area contributed by atoms with Crippen LogP contribution in [0, 0.1) is 6.92 Å². The van der Waals surface area contributed by atoms with E-state index in [0.717, 1.165) is 26.6 Å². The van der Waals surface area contributed by atoms with Gasteiger partial charge in [-0.1, -0.05) is 17.7 Å². The molecule has 0 atom stereocenters. The molecule has 28 heavy (non-hydrogen) atoms. The molecule has 0 aliphatic heterocycles. The fourth-order valence-corrected chi connectivity index (χ4v) is 4.36. The van der Waals surface area contributed by atoms with E-state index in [1.54, 1.807) is 18.4 Å². The van der Waals surface area contributed by atoms with Crippen LogP contribution in [0.5, 0.6) is 5.75 Å². The highest BCUT2D eigenvalue weighted by molar-refractivity contribution is 7.17. The number of anilines is 1. The monoisotopic (exact) mass is 415 g/mol. The van der Waals surface area contributed by atoms with E-state index in [4.69, 9.17) is 4.74 Å². The molecule has 0 radical (unpaired) electrons. The number of ether oxygens (including phenoxy) is 1. The van der Waals surface area contributed by atoms with Crippen molar-refractivity contribution >= 4 is 39.6 Å². The molecule has 0 unspecified atom stereocenters. The van der Waals surface area contributed by atoms with Gasteiger partial charge in [-0.25, -0.2) is 4.98 Å². The Hall–Kier alpha value is -2.71. The largest absolute Gasteiger partial charge is 0.496 e. The van der Waals surface area contributed by atoms with Gasteiger partial charge in [-0.05, 0) is 25.1 Å². The van der Waals surface area contributed by atoms with Crippen molar-refractivity contribution in [2.24, 2.45) is 0 Å². The Bertz CT molecular complexity index is 994. The molecule has 2 amide bonds. The highest BCUT2D eigenvalue weighted by atomic mass is 32.1. The maximum Gasteiger partial charge on any atom is 0.230 e. The SMILES string of the molecule is COc1ccc(C)cc1CC(=O)Nc1nc(-c2ccc(CNC(C)=O)s2)cs1. The van der Waals surface area contributed by atoms with E-state index in [9.17, 15) is 9.59 Å². The average molecular weight is 416 g/mol. The minimum atomic E-state index is -0.137. The minimum Gasteiger partial charge on any atom is -0.496 e. The van der Waals surface area contributed by atoms with Crippen LogP contribution in [0.25, 0.3) is 10.6 Å². The van der Waals surface area contributed by atoms with E-state index >= 15 is 0 Å². The topological polar surface area (TPSA) is 80.3 Å². The van der Waals surface area contributed by atoms with E-state index in [-0.39, 0.29) is 18.2 Å². The van der Waals surface area contributed by atoms with Crippen LogP contribution in [0.1, 0.15) is 22.9 Å². The smallest absolute Gasteiger partial charge is 0.230 e. The zero-order valence-corrected chi connectivity index (χ0v) is 17.5. The second kappa shape index (κ2) is 8.99. The predicted octanol–water partition coefficient (Wildman–Crippen LogP) is 4.01. The molecule has 0 bridgehead atoms. The first-order valence-electron chi connectivity index (χ1n) is 8.67. The van der Waals surface area contributed by atoms with Gasteiger partial charge in [0.15, 0.2) is 5.13 Å². The molecular formula is C20H21N3O3S2. The first-order valence-corrected chi connectivity index (χ1v) is 10.4. The number of methoxy groups -OCH3 is 1. The molecule has 2 N–H and O–H groups in total. The van der Waals surface area contributed by atoms with Gasteiger partial charge in [-0.15, -0.1) is 22.7 Å². The fourth-order valence-electron chi connectivity index (χ4n) is 2.65. The Morgan fingerprint density at radius 2 is 2.04 bits per heavy atom. The maximum atomic E-state index is 12.4. The number of thiazole rings is 1. The number of amides is 2. The van der Waals surface area contributed by atoms with Gasteiger partial charge in [0.05, 0.1) is 30.6 Å². The third-order valence-corrected chi connectivity index (χ3v) is 5.83. The second-order valence-electron chi connectivity index (χ2n) is 6.25. The molecule has 8 heteroatoms. The molecule has 0 fully saturated rings. The Balaban J connectivity index is 1.64. The summed E-state index contributed by atoms with van der Waals surface area (Å²) in [7, 11) is 1.60. The summed E-state index contributed by atoms with van der Waals surface area (Å²) in [6.07, 6.45) is 0.222. The van der Waals surface area contributed by atoms with Crippen molar-refractivity contribution in [2.75, 3.05) is 12.4 Å². The van der Waals surface area contributed by atoms with Gasteiger partial charge < -0.3 is 15.4 Å². The number of benzene rings is 1. The van der Waals surface area contributed by atoms with Crippen molar-refractivity contribution in [3.05, 3.63) is 51.7 Å². The molecule has 2 heterocycles. The molecule has 0 aliphatic carbocycles. The summed E-state index contributed by atoms with van der Waals surface area (Å²) in [6, 6.07) is 9.72. The molecular weight excluding hydrogens is 394 g/mol. The third-order valence-electron chi connectivity index (χ3n) is 3.96. The van der Waals surface area contributed by atoms with Crippen molar-refractivity contribution in [3.63, 3.8) is 0 Å². The molecule has 0 spiro atoms. The summed E-state index contributed by atoms with van der Waals surface area (Å²) >= 11 is 2.96. The van der Waals surface area contributed by atoms with Crippen LogP contribution < -0.4 is 15.4 Å². The van der Waals surface area contributed by atoms with Gasteiger partial charge in [-0.2, -0.15) is 0 Å². The van der Waals surface area contributed by atoms with Crippen LogP contribution in [-0.4, -0.2) is 23.9 Å². The van der Waals surface area contributed by atoms with Gasteiger partial charge in [0, 0.05) is 22.7 Å². The number of hydrogen-bond donors (Lipinski definition) is 2. The zero-order valence-electron chi connectivity index (χ0n) is 15.9. The number of aromatic nitrogens is 1. The normalized spacial score (nSPS) is 10.5. The van der Waals surface area contributed by atoms with Crippen molar-refractivity contribution in [2.45, 2.75) is 26.8 Å². The second-order valence-corrected chi connectivity index (χ2v) is 8.28. The van der Waals surface area contributed by atoms with Crippen molar-refractivity contribution in [1.29, 1.82) is 0 Å². The maximum absolute atomic E-state index is 12.4.